The molecular formula is C2H9N5O. The van der Waals surface area contributed by atoms with E-state index in [1.54, 1.807) is 0 Å². The Morgan fingerprint density at radius 3 is 2.75 bits per heavy atom. The molecular weight excluding hydrogens is 110 g/mol. The summed E-state index contributed by atoms with van der Waals surface area (Å²) in [6.07, 6.45) is 0. The molecule has 6 nitrogen and oxygen atoms in total. The number of guanidine groups is 1. The van der Waals surface area contributed by atoms with Gasteiger partial charge in [-0.1, -0.05) is 0 Å². The molecule has 0 aliphatic heterocycles. The van der Waals surface area contributed by atoms with Gasteiger partial charge in [-0.25, -0.2) is 5.43 Å². The molecule has 0 aliphatic rings. The number of rotatable bonds is 2. The number of nitrogens with two attached hydrogens (primary N) is 2. The fraction of sp³-hybridized carbons (Fsp3) is 0.500. The third kappa shape index (κ3) is 3.19. The molecule has 0 saturated heterocycles. The lowest BCUT2D eigenvalue weighted by molar-refractivity contribution is 0.252. The molecule has 0 amide bonds. The highest BCUT2D eigenvalue weighted by molar-refractivity contribution is 5.76. The number of hydrogen-bond donors (Lipinski definition) is 5. The highest BCUT2D eigenvalue weighted by atomic mass is 16.3. The van der Waals surface area contributed by atoms with Crippen LogP contribution in [0.5, 0.6) is 0 Å². The monoisotopic (exact) mass is 119 g/mol. The SMILES string of the molecule is NN=C(N)NNCO. The van der Waals surface area contributed by atoms with Crippen molar-refractivity contribution in [3.05, 3.63) is 0 Å². The molecule has 6 heteroatoms. The van der Waals surface area contributed by atoms with Crippen LogP contribution in [0, 0.1) is 0 Å². The lowest BCUT2D eigenvalue weighted by atomic mass is 11.1. The highest BCUT2D eigenvalue weighted by Gasteiger charge is 1.81. The third-order valence-corrected chi connectivity index (χ3v) is 0.435. The van der Waals surface area contributed by atoms with E-state index in [1.807, 2.05) is 0 Å². The van der Waals surface area contributed by atoms with E-state index >= 15 is 0 Å². The molecule has 0 aliphatic carbocycles. The zero-order valence-electron chi connectivity index (χ0n) is 4.26. The lowest BCUT2D eigenvalue weighted by Crippen LogP contribution is -2.43. The van der Waals surface area contributed by atoms with Crippen molar-refractivity contribution in [1.29, 1.82) is 0 Å². The van der Waals surface area contributed by atoms with E-state index in [1.165, 1.54) is 0 Å². The zero-order valence-corrected chi connectivity index (χ0v) is 4.26. The Hall–Kier alpha value is -1.01. The molecule has 0 radical (unpaired) electrons. The number of hydrazine groups is 1. The van der Waals surface area contributed by atoms with Gasteiger partial charge in [0, 0.05) is 0 Å². The van der Waals surface area contributed by atoms with Gasteiger partial charge >= 0.3 is 0 Å². The second-order valence-electron chi connectivity index (χ2n) is 0.974. The molecule has 8 heavy (non-hydrogen) atoms. The molecule has 0 aromatic carbocycles. The minimum atomic E-state index is -0.226. The fourth-order valence-corrected chi connectivity index (χ4v) is 0.162. The van der Waals surface area contributed by atoms with Gasteiger partial charge in [-0.05, 0) is 0 Å². The maximum atomic E-state index is 8.09. The molecule has 0 aromatic heterocycles. The predicted molar refractivity (Wildman–Crippen MR) is 29.2 cm³/mol. The van der Waals surface area contributed by atoms with Crippen molar-refractivity contribution in [3.8, 4) is 0 Å². The van der Waals surface area contributed by atoms with Gasteiger partial charge in [0.2, 0.25) is 5.96 Å². The molecule has 0 heterocycles. The Balaban J connectivity index is 3.12. The zero-order chi connectivity index (χ0) is 6.41. The normalized spacial score (nSPS) is 11.4. The lowest BCUT2D eigenvalue weighted by Gasteiger charge is -2.00. The van der Waals surface area contributed by atoms with Gasteiger partial charge in [-0.2, -0.15) is 0 Å². The summed E-state index contributed by atoms with van der Waals surface area (Å²) in [4.78, 5) is 0. The van der Waals surface area contributed by atoms with Crippen LogP contribution in [0.3, 0.4) is 0 Å². The Kier molecular flexibility index (Phi) is 3.63. The summed E-state index contributed by atoms with van der Waals surface area (Å²) in [6.45, 7) is -0.226. The van der Waals surface area contributed by atoms with Crippen LogP contribution in [0.2, 0.25) is 0 Å². The molecule has 0 saturated carbocycles. The molecule has 0 aromatic rings. The molecule has 48 valence electrons. The summed E-state index contributed by atoms with van der Waals surface area (Å²) in [5, 5.41) is 11.1. The second-order valence-corrected chi connectivity index (χ2v) is 0.974. The molecule has 0 unspecified atom stereocenters. The Labute approximate surface area is 46.5 Å². The number of hydrazone groups is 1. The predicted octanol–water partition coefficient (Wildman–Crippen LogP) is -2.78. The fourth-order valence-electron chi connectivity index (χ4n) is 0.162. The largest absolute Gasteiger partial charge is 0.380 e. The average molecular weight is 119 g/mol. The van der Waals surface area contributed by atoms with Crippen LogP contribution in [0.1, 0.15) is 0 Å². The molecule has 0 spiro atoms. The first-order valence-corrected chi connectivity index (χ1v) is 1.94. The van der Waals surface area contributed by atoms with Crippen molar-refractivity contribution in [2.24, 2.45) is 16.7 Å². The molecule has 0 rings (SSSR count). The van der Waals surface area contributed by atoms with Crippen LogP contribution < -0.4 is 22.4 Å². The number of aliphatic hydroxyl groups excluding tert-OH is 1. The van der Waals surface area contributed by atoms with Gasteiger partial charge in [0.15, 0.2) is 0 Å². The first-order valence-electron chi connectivity index (χ1n) is 1.94. The summed E-state index contributed by atoms with van der Waals surface area (Å²) in [5.74, 6) is 4.72. The van der Waals surface area contributed by atoms with E-state index in [9.17, 15) is 0 Å². The maximum absolute atomic E-state index is 8.09. The summed E-state index contributed by atoms with van der Waals surface area (Å²) in [7, 11) is 0. The number of aliphatic hydroxyl groups is 1. The average Bonchev–Trinajstić information content (AvgIpc) is 1.83. The van der Waals surface area contributed by atoms with Gasteiger partial charge in [-0.3, -0.25) is 5.43 Å². The molecule has 0 fully saturated rings. The van der Waals surface area contributed by atoms with Gasteiger partial charge in [-0.15, -0.1) is 5.10 Å². The highest BCUT2D eigenvalue weighted by Crippen LogP contribution is 1.45. The first-order chi connectivity index (χ1) is 3.81. The van der Waals surface area contributed by atoms with Crippen molar-refractivity contribution in [1.82, 2.24) is 10.9 Å². The Morgan fingerprint density at radius 2 is 2.38 bits per heavy atom. The van der Waals surface area contributed by atoms with Crippen LogP contribution in [0.25, 0.3) is 0 Å². The van der Waals surface area contributed by atoms with Gasteiger partial charge < -0.3 is 16.7 Å². The molecule has 0 atom stereocenters. The van der Waals surface area contributed by atoms with E-state index in [-0.39, 0.29) is 12.7 Å². The number of hydrogen-bond acceptors (Lipinski definition) is 4. The van der Waals surface area contributed by atoms with E-state index in [0.29, 0.717) is 0 Å². The van der Waals surface area contributed by atoms with E-state index in [2.05, 4.69) is 16.0 Å². The summed E-state index contributed by atoms with van der Waals surface area (Å²) in [6, 6.07) is 0. The van der Waals surface area contributed by atoms with Crippen molar-refractivity contribution in [2.45, 2.75) is 0 Å². The number of nitrogens with one attached hydrogen (secondary N) is 2. The molecule has 0 bridgehead atoms. The van der Waals surface area contributed by atoms with Crippen LogP contribution in [0.4, 0.5) is 0 Å². The third-order valence-electron chi connectivity index (χ3n) is 0.435. The van der Waals surface area contributed by atoms with Crippen LogP contribution in [-0.2, 0) is 0 Å². The van der Waals surface area contributed by atoms with Crippen molar-refractivity contribution in [3.63, 3.8) is 0 Å². The minimum absolute atomic E-state index is 0.0269. The smallest absolute Gasteiger partial charge is 0.225 e. The van der Waals surface area contributed by atoms with Gasteiger partial charge in [0.25, 0.3) is 0 Å². The van der Waals surface area contributed by atoms with Gasteiger partial charge in [0.05, 0.1) is 0 Å². The van der Waals surface area contributed by atoms with Crippen molar-refractivity contribution < 1.29 is 5.11 Å². The van der Waals surface area contributed by atoms with Crippen molar-refractivity contribution >= 4 is 5.96 Å². The van der Waals surface area contributed by atoms with Crippen molar-refractivity contribution in [2.75, 3.05) is 6.73 Å². The number of nitrogens with zero attached hydrogens (tertiary/aromatic N) is 1. The van der Waals surface area contributed by atoms with E-state index in [4.69, 9.17) is 16.7 Å². The van der Waals surface area contributed by atoms with E-state index in [0.717, 1.165) is 0 Å². The van der Waals surface area contributed by atoms with Gasteiger partial charge in [0.1, 0.15) is 6.73 Å². The quantitative estimate of drug-likeness (QED) is 0.0888. The topological polar surface area (TPSA) is 109 Å². The second kappa shape index (κ2) is 4.16. The summed E-state index contributed by atoms with van der Waals surface area (Å²) >= 11 is 0. The summed E-state index contributed by atoms with van der Waals surface area (Å²) in [5.41, 5.74) is 9.55. The van der Waals surface area contributed by atoms with Crippen LogP contribution in [-0.4, -0.2) is 17.8 Å². The Morgan fingerprint density at radius 1 is 1.75 bits per heavy atom. The van der Waals surface area contributed by atoms with Crippen LogP contribution in [0.15, 0.2) is 5.10 Å². The van der Waals surface area contributed by atoms with E-state index < -0.39 is 0 Å². The summed E-state index contributed by atoms with van der Waals surface area (Å²) < 4.78 is 0. The molecule has 7 N–H and O–H groups in total. The first kappa shape index (κ1) is 6.99. The Bertz CT molecular complexity index is 80.5. The standard InChI is InChI=1S/C2H9N5O/c3-2(6-4)7-5-1-8/h5,8H,1,4H2,(H3,3,6,7). The minimum Gasteiger partial charge on any atom is -0.380 e. The maximum Gasteiger partial charge on any atom is 0.225 e. The van der Waals surface area contributed by atoms with Crippen LogP contribution >= 0.6 is 0 Å².